The summed E-state index contributed by atoms with van der Waals surface area (Å²) in [6.07, 6.45) is 1.45. The van der Waals surface area contributed by atoms with E-state index in [2.05, 4.69) is 14.9 Å². The lowest BCUT2D eigenvalue weighted by Crippen LogP contribution is -2.16. The number of anilines is 1. The number of aliphatic hydroxyl groups is 1. The van der Waals surface area contributed by atoms with Gasteiger partial charge in [0.2, 0.25) is 0 Å². The minimum absolute atomic E-state index is 0.112. The van der Waals surface area contributed by atoms with Gasteiger partial charge >= 0.3 is 0 Å². The van der Waals surface area contributed by atoms with Crippen molar-refractivity contribution in [2.24, 2.45) is 0 Å². The predicted octanol–water partition coefficient (Wildman–Crippen LogP) is 1.14. The first-order valence-corrected chi connectivity index (χ1v) is 7.39. The van der Waals surface area contributed by atoms with E-state index in [9.17, 15) is 8.42 Å². The lowest BCUT2D eigenvalue weighted by Gasteiger charge is -2.07. The zero-order valence-corrected chi connectivity index (χ0v) is 11.1. The quantitative estimate of drug-likeness (QED) is 0.878. The molecule has 2 aromatic rings. The molecule has 18 heavy (non-hydrogen) atoms. The first-order chi connectivity index (χ1) is 8.54. The summed E-state index contributed by atoms with van der Waals surface area (Å²) in [5.74, 6) is 0.145. The summed E-state index contributed by atoms with van der Waals surface area (Å²) in [7, 11) is -3.75. The number of rotatable bonds is 4. The molecule has 2 heterocycles. The first kappa shape index (κ1) is 12.9. The van der Waals surface area contributed by atoms with E-state index in [1.54, 1.807) is 18.4 Å². The maximum absolute atomic E-state index is 12.2. The standard InChI is InChI=1S/C10H11N3O3S2/c1-7-6-17-8(5-14)10(7)18(15,16)13-9-3-2-4-11-12-9/h2-4,6,14H,5H2,1H3,(H,12,13). The van der Waals surface area contributed by atoms with Crippen LogP contribution in [0.5, 0.6) is 0 Å². The Morgan fingerprint density at radius 3 is 2.89 bits per heavy atom. The van der Waals surface area contributed by atoms with Crippen molar-refractivity contribution < 1.29 is 13.5 Å². The number of sulfonamides is 1. The van der Waals surface area contributed by atoms with E-state index in [1.807, 2.05) is 0 Å². The lowest BCUT2D eigenvalue weighted by atomic mass is 10.3. The molecule has 2 N–H and O–H groups in total. The summed E-state index contributed by atoms with van der Waals surface area (Å²) in [5, 5.41) is 18.1. The first-order valence-electron chi connectivity index (χ1n) is 5.03. The topological polar surface area (TPSA) is 92.2 Å². The van der Waals surface area contributed by atoms with Gasteiger partial charge in [-0.3, -0.25) is 4.72 Å². The molecule has 2 rings (SSSR count). The number of aryl methyl sites for hydroxylation is 1. The average Bonchev–Trinajstić information content (AvgIpc) is 2.72. The van der Waals surface area contributed by atoms with Gasteiger partial charge in [-0.1, -0.05) is 0 Å². The maximum Gasteiger partial charge on any atom is 0.264 e. The van der Waals surface area contributed by atoms with E-state index in [1.165, 1.54) is 23.6 Å². The van der Waals surface area contributed by atoms with Crippen LogP contribution < -0.4 is 4.72 Å². The molecular formula is C10H11N3O3S2. The summed E-state index contributed by atoms with van der Waals surface area (Å²) in [5.41, 5.74) is 0.598. The van der Waals surface area contributed by atoms with Crippen LogP contribution in [0.15, 0.2) is 28.6 Å². The van der Waals surface area contributed by atoms with Gasteiger partial charge in [-0.15, -0.1) is 16.4 Å². The third-order valence-corrected chi connectivity index (χ3v) is 5.01. The Kier molecular flexibility index (Phi) is 3.60. The average molecular weight is 285 g/mol. The van der Waals surface area contributed by atoms with Crippen LogP contribution in [0.3, 0.4) is 0 Å². The maximum atomic E-state index is 12.2. The Balaban J connectivity index is 2.40. The van der Waals surface area contributed by atoms with Gasteiger partial charge in [-0.05, 0) is 30.0 Å². The van der Waals surface area contributed by atoms with Crippen LogP contribution in [-0.4, -0.2) is 23.7 Å². The van der Waals surface area contributed by atoms with Crippen molar-refractivity contribution in [1.82, 2.24) is 10.2 Å². The number of hydrogen-bond acceptors (Lipinski definition) is 6. The molecule has 6 nitrogen and oxygen atoms in total. The third-order valence-electron chi connectivity index (χ3n) is 2.21. The van der Waals surface area contributed by atoms with Crippen molar-refractivity contribution in [3.63, 3.8) is 0 Å². The van der Waals surface area contributed by atoms with Gasteiger partial charge in [0.25, 0.3) is 10.0 Å². The molecule has 0 atom stereocenters. The minimum atomic E-state index is -3.75. The van der Waals surface area contributed by atoms with Gasteiger partial charge in [0.1, 0.15) is 4.90 Å². The zero-order valence-electron chi connectivity index (χ0n) is 9.49. The molecule has 0 fully saturated rings. The van der Waals surface area contributed by atoms with Gasteiger partial charge in [0, 0.05) is 6.20 Å². The SMILES string of the molecule is Cc1csc(CO)c1S(=O)(=O)Nc1cccnn1. The fourth-order valence-electron chi connectivity index (χ4n) is 1.50. The second kappa shape index (κ2) is 5.01. The molecule has 0 aliphatic rings. The molecule has 0 spiro atoms. The summed E-state index contributed by atoms with van der Waals surface area (Å²) in [6.45, 7) is 1.37. The van der Waals surface area contributed by atoms with Crippen LogP contribution in [0.1, 0.15) is 10.4 Å². The predicted molar refractivity (Wildman–Crippen MR) is 67.8 cm³/mol. The highest BCUT2D eigenvalue weighted by Crippen LogP contribution is 2.28. The van der Waals surface area contributed by atoms with Gasteiger partial charge in [-0.2, -0.15) is 5.10 Å². The number of thiophene rings is 1. The Hall–Kier alpha value is -1.51. The van der Waals surface area contributed by atoms with E-state index >= 15 is 0 Å². The highest BCUT2D eigenvalue weighted by Gasteiger charge is 2.23. The van der Waals surface area contributed by atoms with E-state index < -0.39 is 10.0 Å². The largest absolute Gasteiger partial charge is 0.391 e. The van der Waals surface area contributed by atoms with Crippen LogP contribution in [0, 0.1) is 6.92 Å². The summed E-state index contributed by atoms with van der Waals surface area (Å²) >= 11 is 1.21. The van der Waals surface area contributed by atoms with Crippen molar-refractivity contribution in [2.75, 3.05) is 4.72 Å². The molecule has 0 radical (unpaired) electrons. The lowest BCUT2D eigenvalue weighted by molar-refractivity contribution is 0.282. The molecule has 0 saturated heterocycles. The summed E-state index contributed by atoms with van der Waals surface area (Å²) in [4.78, 5) is 0.518. The van der Waals surface area contributed by atoms with Gasteiger partial charge in [-0.25, -0.2) is 8.42 Å². The molecule has 0 aliphatic heterocycles. The summed E-state index contributed by atoms with van der Waals surface area (Å²) < 4.78 is 26.7. The van der Waals surface area contributed by atoms with E-state index in [4.69, 9.17) is 5.11 Å². The number of nitrogens with zero attached hydrogens (tertiary/aromatic N) is 2. The second-order valence-corrected chi connectivity index (χ2v) is 6.13. The molecule has 0 aliphatic carbocycles. The Labute approximate surface area is 108 Å². The van der Waals surface area contributed by atoms with Crippen LogP contribution in [0.25, 0.3) is 0 Å². The smallest absolute Gasteiger partial charge is 0.264 e. The molecule has 8 heteroatoms. The van der Waals surface area contributed by atoms with Crippen molar-refractivity contribution in [3.8, 4) is 0 Å². The molecule has 0 saturated carbocycles. The van der Waals surface area contributed by atoms with Crippen LogP contribution >= 0.6 is 11.3 Å². The number of aromatic nitrogens is 2. The highest BCUT2D eigenvalue weighted by atomic mass is 32.2. The monoisotopic (exact) mass is 285 g/mol. The molecule has 96 valence electrons. The Morgan fingerprint density at radius 2 is 2.28 bits per heavy atom. The molecule has 0 bridgehead atoms. The van der Waals surface area contributed by atoms with Crippen molar-refractivity contribution in [2.45, 2.75) is 18.4 Å². The molecular weight excluding hydrogens is 274 g/mol. The fourth-order valence-corrected chi connectivity index (χ4v) is 4.16. The van der Waals surface area contributed by atoms with Crippen molar-refractivity contribution in [1.29, 1.82) is 0 Å². The Morgan fingerprint density at radius 1 is 1.50 bits per heavy atom. The van der Waals surface area contributed by atoms with Crippen LogP contribution in [0.2, 0.25) is 0 Å². The number of aliphatic hydroxyl groups excluding tert-OH is 1. The van der Waals surface area contributed by atoms with Gasteiger partial charge < -0.3 is 5.11 Å². The second-order valence-electron chi connectivity index (χ2n) is 3.54. The summed E-state index contributed by atoms with van der Waals surface area (Å²) in [6, 6.07) is 3.09. The van der Waals surface area contributed by atoms with E-state index in [0.29, 0.717) is 10.4 Å². The van der Waals surface area contributed by atoms with Crippen molar-refractivity contribution in [3.05, 3.63) is 34.2 Å². The minimum Gasteiger partial charge on any atom is -0.391 e. The van der Waals surface area contributed by atoms with Gasteiger partial charge in [0.15, 0.2) is 5.82 Å². The molecule has 0 unspecified atom stereocenters. The van der Waals surface area contributed by atoms with Crippen LogP contribution in [-0.2, 0) is 16.6 Å². The van der Waals surface area contributed by atoms with E-state index in [-0.39, 0.29) is 17.3 Å². The molecule has 0 amide bonds. The number of nitrogens with one attached hydrogen (secondary N) is 1. The normalized spacial score (nSPS) is 11.4. The highest BCUT2D eigenvalue weighted by molar-refractivity contribution is 7.93. The van der Waals surface area contributed by atoms with E-state index in [0.717, 1.165) is 0 Å². The molecule has 2 aromatic heterocycles. The number of hydrogen-bond donors (Lipinski definition) is 2. The van der Waals surface area contributed by atoms with Crippen LogP contribution in [0.4, 0.5) is 5.82 Å². The Bertz CT molecular complexity index is 638. The van der Waals surface area contributed by atoms with Crippen molar-refractivity contribution >= 4 is 27.2 Å². The zero-order chi connectivity index (χ0) is 13.2. The van der Waals surface area contributed by atoms with Gasteiger partial charge in [0.05, 0.1) is 11.5 Å². The fraction of sp³-hybridized carbons (Fsp3) is 0.200. The third kappa shape index (κ3) is 2.50. The molecule has 0 aromatic carbocycles.